The molecule has 4 aromatic rings. The van der Waals surface area contributed by atoms with Crippen LogP contribution in [0.3, 0.4) is 0 Å². The standard InChI is InChI=1S/C29H30FN3O3S/c1-5-6-10-24-26(33(3)20-8-7-9-21(17-20)36-4)27(34)28(29(35)32-24)37-22-13-11-19(12-14-22)23-15-16-25(30)31-18(23)2/h7-9,11-17H,5-6,10H2,1-4H3,(H2,32,34,35). The summed E-state index contributed by atoms with van der Waals surface area (Å²) in [4.78, 5) is 22.9. The van der Waals surface area contributed by atoms with Crippen LogP contribution in [0.2, 0.25) is 0 Å². The minimum atomic E-state index is -0.514. The number of rotatable bonds is 9. The molecular weight excluding hydrogens is 489 g/mol. The summed E-state index contributed by atoms with van der Waals surface area (Å²) in [6, 6.07) is 18.1. The second kappa shape index (κ2) is 11.5. The van der Waals surface area contributed by atoms with Gasteiger partial charge in [-0.1, -0.05) is 43.3 Å². The molecule has 192 valence electrons. The Morgan fingerprint density at radius 3 is 2.57 bits per heavy atom. The normalized spacial score (nSPS) is 10.9. The molecular formula is C29H30FN3O3S. The number of aryl methyl sites for hydroxylation is 2. The molecule has 6 nitrogen and oxygen atoms in total. The van der Waals surface area contributed by atoms with Gasteiger partial charge in [-0.2, -0.15) is 4.39 Å². The molecule has 0 saturated carbocycles. The third kappa shape index (κ3) is 5.80. The molecule has 0 aliphatic heterocycles. The number of nitrogens with zero attached hydrogens (tertiary/aromatic N) is 2. The maximum absolute atomic E-state index is 13.4. The van der Waals surface area contributed by atoms with E-state index in [1.165, 1.54) is 17.8 Å². The maximum atomic E-state index is 13.4. The number of pyridine rings is 2. The van der Waals surface area contributed by atoms with Crippen LogP contribution in [0.5, 0.6) is 11.5 Å². The van der Waals surface area contributed by atoms with Crippen LogP contribution >= 0.6 is 11.8 Å². The van der Waals surface area contributed by atoms with Gasteiger partial charge in [-0.25, -0.2) is 4.98 Å². The van der Waals surface area contributed by atoms with E-state index in [1.54, 1.807) is 20.1 Å². The highest BCUT2D eigenvalue weighted by Crippen LogP contribution is 2.42. The molecule has 2 heterocycles. The molecule has 0 bridgehead atoms. The highest BCUT2D eigenvalue weighted by molar-refractivity contribution is 7.99. The predicted molar refractivity (Wildman–Crippen MR) is 147 cm³/mol. The quantitative estimate of drug-likeness (QED) is 0.235. The molecule has 0 fully saturated rings. The molecule has 0 aliphatic rings. The number of hydrogen-bond acceptors (Lipinski definition) is 6. The lowest BCUT2D eigenvalue weighted by molar-refractivity contribution is 0.415. The second-order valence-electron chi connectivity index (χ2n) is 8.72. The number of benzene rings is 2. The number of hydrogen-bond donors (Lipinski definition) is 2. The van der Waals surface area contributed by atoms with E-state index < -0.39 is 5.95 Å². The number of H-pyrrole nitrogens is 1. The van der Waals surface area contributed by atoms with E-state index in [1.807, 2.05) is 60.5 Å². The highest BCUT2D eigenvalue weighted by Gasteiger charge is 2.22. The number of methoxy groups -OCH3 is 1. The Morgan fingerprint density at radius 1 is 1.14 bits per heavy atom. The number of halogens is 1. The van der Waals surface area contributed by atoms with Crippen molar-refractivity contribution in [3.8, 4) is 22.6 Å². The summed E-state index contributed by atoms with van der Waals surface area (Å²) in [6.45, 7) is 3.85. The monoisotopic (exact) mass is 519 g/mol. The van der Waals surface area contributed by atoms with Gasteiger partial charge in [-0.15, -0.1) is 0 Å². The molecule has 2 N–H and O–H groups in total. The predicted octanol–water partition coefficient (Wildman–Crippen LogP) is 6.86. The Balaban J connectivity index is 1.71. The molecule has 0 spiro atoms. The van der Waals surface area contributed by atoms with E-state index in [-0.39, 0.29) is 16.2 Å². The fraction of sp³-hybridized carbons (Fsp3) is 0.241. The molecule has 0 atom stereocenters. The zero-order valence-corrected chi connectivity index (χ0v) is 22.2. The highest BCUT2D eigenvalue weighted by atomic mass is 32.2. The summed E-state index contributed by atoms with van der Waals surface area (Å²) in [5.41, 5.74) is 4.06. The van der Waals surface area contributed by atoms with Crippen LogP contribution in [0.15, 0.2) is 75.2 Å². The third-order valence-corrected chi connectivity index (χ3v) is 7.28. The summed E-state index contributed by atoms with van der Waals surface area (Å²) in [5, 5.41) is 11.4. The van der Waals surface area contributed by atoms with Gasteiger partial charge in [0.2, 0.25) is 5.95 Å². The largest absolute Gasteiger partial charge is 0.504 e. The first-order valence-corrected chi connectivity index (χ1v) is 12.9. The van der Waals surface area contributed by atoms with Crippen molar-refractivity contribution in [2.75, 3.05) is 19.1 Å². The van der Waals surface area contributed by atoms with E-state index in [2.05, 4.69) is 16.9 Å². The number of aromatic hydroxyl groups is 1. The summed E-state index contributed by atoms with van der Waals surface area (Å²) in [6.07, 6.45) is 2.46. The SMILES string of the molecule is CCCCc1[nH]c(=O)c(Sc2ccc(-c3ccc(F)nc3C)cc2)c(O)c1N(C)c1cccc(OC)c1. The van der Waals surface area contributed by atoms with Crippen LogP contribution in [-0.2, 0) is 6.42 Å². The molecule has 2 aromatic heterocycles. The first kappa shape index (κ1) is 26.3. The smallest absolute Gasteiger partial charge is 0.266 e. The Labute approximate surface area is 220 Å². The number of anilines is 2. The summed E-state index contributed by atoms with van der Waals surface area (Å²) in [5.74, 6) is 0.123. The Bertz CT molecular complexity index is 1450. The molecule has 0 unspecified atom stereocenters. The zero-order chi connectivity index (χ0) is 26.5. The van der Waals surface area contributed by atoms with Gasteiger partial charge < -0.3 is 19.7 Å². The van der Waals surface area contributed by atoms with Gasteiger partial charge in [-0.3, -0.25) is 4.79 Å². The van der Waals surface area contributed by atoms with E-state index >= 15 is 0 Å². The number of unbranched alkanes of at least 4 members (excludes halogenated alkanes) is 1. The average Bonchev–Trinajstić information content (AvgIpc) is 2.90. The molecule has 0 radical (unpaired) electrons. The van der Waals surface area contributed by atoms with Gasteiger partial charge in [0.05, 0.1) is 7.11 Å². The lowest BCUT2D eigenvalue weighted by Gasteiger charge is -2.25. The van der Waals surface area contributed by atoms with Crippen molar-refractivity contribution in [3.63, 3.8) is 0 Å². The number of aromatic nitrogens is 2. The molecule has 0 amide bonds. The van der Waals surface area contributed by atoms with Crippen LogP contribution < -0.4 is 15.2 Å². The van der Waals surface area contributed by atoms with Crippen LogP contribution in [0.4, 0.5) is 15.8 Å². The second-order valence-corrected chi connectivity index (χ2v) is 9.80. The minimum absolute atomic E-state index is 0.0622. The first-order valence-electron chi connectivity index (χ1n) is 12.1. The van der Waals surface area contributed by atoms with Crippen molar-refractivity contribution in [1.29, 1.82) is 0 Å². The minimum Gasteiger partial charge on any atom is -0.504 e. The van der Waals surface area contributed by atoms with Crippen molar-refractivity contribution in [2.45, 2.75) is 42.9 Å². The van der Waals surface area contributed by atoms with Gasteiger partial charge in [0.15, 0.2) is 5.75 Å². The number of ether oxygens (including phenoxy) is 1. The van der Waals surface area contributed by atoms with Crippen molar-refractivity contribution in [2.24, 2.45) is 0 Å². The van der Waals surface area contributed by atoms with E-state index in [9.17, 15) is 14.3 Å². The third-order valence-electron chi connectivity index (χ3n) is 6.19. The lowest BCUT2D eigenvalue weighted by atomic mass is 10.1. The Morgan fingerprint density at radius 2 is 1.89 bits per heavy atom. The summed E-state index contributed by atoms with van der Waals surface area (Å²) >= 11 is 1.20. The molecule has 2 aromatic carbocycles. The van der Waals surface area contributed by atoms with Crippen molar-refractivity contribution in [1.82, 2.24) is 9.97 Å². The lowest BCUT2D eigenvalue weighted by Crippen LogP contribution is -2.19. The Hall–Kier alpha value is -3.78. The zero-order valence-electron chi connectivity index (χ0n) is 21.3. The summed E-state index contributed by atoms with van der Waals surface area (Å²) < 4.78 is 18.8. The van der Waals surface area contributed by atoms with Crippen LogP contribution in [0, 0.1) is 12.9 Å². The Kier molecular flexibility index (Phi) is 8.18. The van der Waals surface area contributed by atoms with Crippen LogP contribution in [-0.4, -0.2) is 29.2 Å². The number of aromatic amines is 1. The van der Waals surface area contributed by atoms with E-state index in [0.29, 0.717) is 29.2 Å². The molecule has 37 heavy (non-hydrogen) atoms. The van der Waals surface area contributed by atoms with Gasteiger partial charge in [0.1, 0.15) is 16.3 Å². The van der Waals surface area contributed by atoms with Crippen molar-refractivity contribution in [3.05, 3.63) is 88.4 Å². The van der Waals surface area contributed by atoms with E-state index in [0.717, 1.165) is 34.6 Å². The molecule has 4 rings (SSSR count). The molecule has 8 heteroatoms. The topological polar surface area (TPSA) is 78.5 Å². The average molecular weight is 520 g/mol. The maximum Gasteiger partial charge on any atom is 0.266 e. The van der Waals surface area contributed by atoms with Crippen molar-refractivity contribution < 1.29 is 14.2 Å². The molecule has 0 saturated heterocycles. The van der Waals surface area contributed by atoms with Gasteiger partial charge in [-0.05, 0) is 61.7 Å². The van der Waals surface area contributed by atoms with Crippen LogP contribution in [0.1, 0.15) is 31.2 Å². The van der Waals surface area contributed by atoms with Crippen molar-refractivity contribution >= 4 is 23.1 Å². The fourth-order valence-electron chi connectivity index (χ4n) is 4.21. The van der Waals surface area contributed by atoms with Gasteiger partial charge in [0.25, 0.3) is 5.56 Å². The van der Waals surface area contributed by atoms with Gasteiger partial charge in [0, 0.05) is 40.6 Å². The first-order chi connectivity index (χ1) is 17.8. The van der Waals surface area contributed by atoms with Gasteiger partial charge >= 0.3 is 0 Å². The molecule has 0 aliphatic carbocycles. The summed E-state index contributed by atoms with van der Waals surface area (Å²) in [7, 11) is 3.47. The van der Waals surface area contributed by atoms with E-state index in [4.69, 9.17) is 4.74 Å². The fourth-order valence-corrected chi connectivity index (χ4v) is 5.05. The van der Waals surface area contributed by atoms with Crippen LogP contribution in [0.25, 0.3) is 11.1 Å². The number of nitrogens with one attached hydrogen (secondary N) is 1.